The molecule has 0 amide bonds. The van der Waals surface area contributed by atoms with Crippen LogP contribution in [-0.2, 0) is 0 Å². The maximum atomic E-state index is 6.85. The summed E-state index contributed by atoms with van der Waals surface area (Å²) in [7, 11) is 0. The summed E-state index contributed by atoms with van der Waals surface area (Å²) >= 11 is 7.37. The molecule has 60 heavy (non-hydrogen) atoms. The standard InChI is InChI=1S/C54H56O2S4/c1-3-5-7-9-11-19-33-55-43-37-41-42(38-44(43)56-34-20-12-10-8-6-4-2)54(51(39-23-15-13-16-24-39)49-31-29-47(59-49)45-27-21-35-57-45)52(40-25-17-14-18-26-40)53(41)50-32-30-48(60-50)46-28-22-36-58-46/h13-18,21-32,35-38H,3-12,19-20,33-34H2,1-2H3/b54-51+. The molecule has 0 unspecified atom stereocenters. The van der Waals surface area contributed by atoms with Crippen molar-refractivity contribution < 1.29 is 9.47 Å². The van der Waals surface area contributed by atoms with Gasteiger partial charge in [0.2, 0.25) is 0 Å². The second-order valence-corrected chi connectivity index (χ2v) is 19.7. The minimum atomic E-state index is 0.679. The van der Waals surface area contributed by atoms with Gasteiger partial charge in [-0.3, -0.25) is 0 Å². The summed E-state index contributed by atoms with van der Waals surface area (Å²) in [6, 6.07) is 44.8. The average Bonchev–Trinajstić information content (AvgIpc) is 4.15. The summed E-state index contributed by atoms with van der Waals surface area (Å²) < 4.78 is 13.7. The van der Waals surface area contributed by atoms with Gasteiger partial charge in [0.25, 0.3) is 0 Å². The number of fused-ring (bicyclic) bond motifs is 1. The highest BCUT2D eigenvalue weighted by Gasteiger charge is 2.34. The Balaban J connectivity index is 1.33. The van der Waals surface area contributed by atoms with Crippen molar-refractivity contribution in [3.63, 3.8) is 0 Å². The molecule has 0 saturated carbocycles. The second-order valence-electron chi connectivity index (χ2n) is 15.6. The average molecular weight is 865 g/mol. The van der Waals surface area contributed by atoms with Gasteiger partial charge in [-0.1, -0.05) is 151 Å². The van der Waals surface area contributed by atoms with Crippen molar-refractivity contribution in [1.82, 2.24) is 0 Å². The van der Waals surface area contributed by atoms with Gasteiger partial charge in [-0.15, -0.1) is 45.3 Å². The van der Waals surface area contributed by atoms with Crippen molar-refractivity contribution in [3.05, 3.63) is 164 Å². The zero-order valence-electron chi connectivity index (χ0n) is 35.1. The first kappa shape index (κ1) is 42.2. The van der Waals surface area contributed by atoms with E-state index in [-0.39, 0.29) is 0 Å². The molecule has 0 atom stereocenters. The van der Waals surface area contributed by atoms with Gasteiger partial charge in [0.15, 0.2) is 11.5 Å². The molecule has 3 aromatic carbocycles. The van der Waals surface area contributed by atoms with E-state index in [2.05, 4.69) is 146 Å². The van der Waals surface area contributed by atoms with E-state index >= 15 is 0 Å². The lowest BCUT2D eigenvalue weighted by Gasteiger charge is -2.18. The number of thiophene rings is 4. The first-order valence-electron chi connectivity index (χ1n) is 22.1. The molecule has 7 aromatic rings. The zero-order valence-corrected chi connectivity index (χ0v) is 38.3. The van der Waals surface area contributed by atoms with Crippen LogP contribution in [0.5, 0.6) is 11.5 Å². The van der Waals surface area contributed by atoms with E-state index in [0.717, 1.165) is 24.3 Å². The highest BCUT2D eigenvalue weighted by atomic mass is 32.1. The molecule has 0 bridgehead atoms. The molecule has 2 nitrogen and oxygen atoms in total. The highest BCUT2D eigenvalue weighted by Crippen LogP contribution is 2.57. The minimum absolute atomic E-state index is 0.679. The Bertz CT molecular complexity index is 2450. The third-order valence-electron chi connectivity index (χ3n) is 11.2. The Kier molecular flexibility index (Phi) is 15.0. The molecule has 0 N–H and O–H groups in total. The van der Waals surface area contributed by atoms with Gasteiger partial charge in [-0.25, -0.2) is 0 Å². The van der Waals surface area contributed by atoms with Crippen molar-refractivity contribution in [1.29, 1.82) is 0 Å². The van der Waals surface area contributed by atoms with Gasteiger partial charge in [-0.2, -0.15) is 0 Å². The SMILES string of the molecule is CCCCCCCCOc1cc2c(cc1OCCCCCCCC)/C(=C(/c1ccccc1)c1ccc(-c3cccs3)s1)C(c1ccccc1)=C2c1ccc(-c2cccs2)s1. The summed E-state index contributed by atoms with van der Waals surface area (Å²) in [6.07, 6.45) is 14.7. The van der Waals surface area contributed by atoms with Crippen molar-refractivity contribution in [2.24, 2.45) is 0 Å². The van der Waals surface area contributed by atoms with Crippen LogP contribution in [-0.4, -0.2) is 13.2 Å². The molecule has 0 radical (unpaired) electrons. The Morgan fingerprint density at radius 2 is 0.983 bits per heavy atom. The molecule has 308 valence electrons. The van der Waals surface area contributed by atoms with Gasteiger partial charge >= 0.3 is 0 Å². The number of hydrogen-bond donors (Lipinski definition) is 0. The topological polar surface area (TPSA) is 18.5 Å². The van der Waals surface area contributed by atoms with Crippen LogP contribution in [0.25, 0.3) is 41.8 Å². The number of allylic oxidation sites excluding steroid dienone is 2. The molecular weight excluding hydrogens is 809 g/mol. The number of hydrogen-bond acceptors (Lipinski definition) is 6. The second kappa shape index (κ2) is 21.4. The monoisotopic (exact) mass is 864 g/mol. The molecule has 0 fully saturated rings. The van der Waals surface area contributed by atoms with Crippen LogP contribution in [0.2, 0.25) is 0 Å². The summed E-state index contributed by atoms with van der Waals surface area (Å²) in [6.45, 7) is 5.92. The van der Waals surface area contributed by atoms with E-state index in [0.29, 0.717) is 13.2 Å². The van der Waals surface area contributed by atoms with Crippen LogP contribution in [0.15, 0.2) is 132 Å². The fourth-order valence-electron chi connectivity index (χ4n) is 8.19. The van der Waals surface area contributed by atoms with Crippen LogP contribution in [0.4, 0.5) is 0 Å². The lowest BCUT2D eigenvalue weighted by molar-refractivity contribution is 0.258. The fraction of sp³-hybridized carbons (Fsp3) is 0.296. The van der Waals surface area contributed by atoms with Gasteiger partial charge in [0.1, 0.15) is 0 Å². The summed E-state index contributed by atoms with van der Waals surface area (Å²) in [5.74, 6) is 1.70. The van der Waals surface area contributed by atoms with Crippen LogP contribution < -0.4 is 9.47 Å². The molecule has 8 rings (SSSR count). The number of rotatable bonds is 22. The third-order valence-corrected chi connectivity index (χ3v) is 15.6. The molecule has 0 aliphatic heterocycles. The quantitative estimate of drug-likeness (QED) is 0.0632. The van der Waals surface area contributed by atoms with Crippen molar-refractivity contribution in [2.75, 3.05) is 13.2 Å². The van der Waals surface area contributed by atoms with E-state index < -0.39 is 0 Å². The predicted molar refractivity (Wildman–Crippen MR) is 264 cm³/mol. The summed E-state index contributed by atoms with van der Waals surface area (Å²) in [4.78, 5) is 7.69. The molecule has 1 aliphatic carbocycles. The number of ether oxygens (including phenoxy) is 2. The Morgan fingerprint density at radius 3 is 1.58 bits per heavy atom. The van der Waals surface area contributed by atoms with Gasteiger partial charge in [0.05, 0.1) is 13.2 Å². The van der Waals surface area contributed by atoms with Gasteiger partial charge in [-0.05, 0) is 100.0 Å². The Labute approximate surface area is 373 Å². The number of benzene rings is 3. The lowest BCUT2D eigenvalue weighted by Crippen LogP contribution is -2.04. The zero-order chi connectivity index (χ0) is 40.9. The maximum Gasteiger partial charge on any atom is 0.161 e. The molecule has 0 saturated heterocycles. The van der Waals surface area contributed by atoms with Crippen LogP contribution in [0.1, 0.15) is 123 Å². The van der Waals surface area contributed by atoms with Gasteiger partial charge < -0.3 is 9.47 Å². The smallest absolute Gasteiger partial charge is 0.161 e. The van der Waals surface area contributed by atoms with Crippen LogP contribution in [0, 0.1) is 0 Å². The Hall–Kier alpha value is -4.46. The summed E-state index contributed by atoms with van der Waals surface area (Å²) in [5.41, 5.74) is 9.82. The van der Waals surface area contributed by atoms with Crippen molar-refractivity contribution in [3.8, 4) is 31.0 Å². The van der Waals surface area contributed by atoms with E-state index in [1.165, 1.54) is 138 Å². The maximum absolute atomic E-state index is 6.85. The molecule has 6 heteroatoms. The highest BCUT2D eigenvalue weighted by molar-refractivity contribution is 7.22. The largest absolute Gasteiger partial charge is 0.490 e. The van der Waals surface area contributed by atoms with Crippen LogP contribution in [0.3, 0.4) is 0 Å². The van der Waals surface area contributed by atoms with Gasteiger partial charge in [0, 0.05) is 46.0 Å². The Morgan fingerprint density at radius 1 is 0.450 bits per heavy atom. The third kappa shape index (κ3) is 10.0. The first-order chi connectivity index (χ1) is 29.7. The first-order valence-corrected chi connectivity index (χ1v) is 25.4. The minimum Gasteiger partial charge on any atom is -0.490 e. The molecule has 4 heterocycles. The van der Waals surface area contributed by atoms with Crippen molar-refractivity contribution >= 4 is 67.6 Å². The fourth-order valence-corrected chi connectivity index (χ4v) is 12.0. The van der Waals surface area contributed by atoms with E-state index in [4.69, 9.17) is 9.47 Å². The van der Waals surface area contributed by atoms with Crippen molar-refractivity contribution in [2.45, 2.75) is 90.9 Å². The van der Waals surface area contributed by atoms with E-state index in [1.54, 1.807) is 22.7 Å². The molecule has 4 aromatic heterocycles. The van der Waals surface area contributed by atoms with Crippen LogP contribution >= 0.6 is 45.3 Å². The van der Waals surface area contributed by atoms with E-state index in [1.807, 2.05) is 22.7 Å². The normalized spacial score (nSPS) is 13.2. The number of unbranched alkanes of at least 4 members (excludes halogenated alkanes) is 10. The van der Waals surface area contributed by atoms with E-state index in [9.17, 15) is 0 Å². The molecule has 0 spiro atoms. The predicted octanol–water partition coefficient (Wildman–Crippen LogP) is 17.7. The molecule has 1 aliphatic rings. The lowest BCUT2D eigenvalue weighted by atomic mass is 9.88. The summed E-state index contributed by atoms with van der Waals surface area (Å²) in [5, 5.41) is 4.35. The molecular formula is C54H56O2S4.